The van der Waals surface area contributed by atoms with Crippen LogP contribution in [-0.2, 0) is 10.0 Å². The number of rotatable bonds is 7. The number of benzene rings is 1. The highest BCUT2D eigenvalue weighted by Gasteiger charge is 2.24. The van der Waals surface area contributed by atoms with E-state index in [0.29, 0.717) is 6.07 Å². The van der Waals surface area contributed by atoms with Crippen LogP contribution < -0.4 is 14.2 Å². The normalized spacial score (nSPS) is 11.8. The van der Waals surface area contributed by atoms with Crippen LogP contribution in [0.4, 0.5) is 19.0 Å². The van der Waals surface area contributed by atoms with Crippen molar-refractivity contribution in [2.24, 2.45) is 0 Å². The third kappa shape index (κ3) is 4.31. The Kier molecular flexibility index (Phi) is 6.01. The number of halogens is 5. The lowest BCUT2D eigenvalue weighted by Crippen LogP contribution is -2.16. The van der Waals surface area contributed by atoms with E-state index in [9.17, 15) is 21.6 Å². The first-order valence-electron chi connectivity index (χ1n) is 7.77. The summed E-state index contributed by atoms with van der Waals surface area (Å²) in [6.07, 6.45) is -1.65. The van der Waals surface area contributed by atoms with Gasteiger partial charge in [0.05, 0.1) is 22.7 Å². The van der Waals surface area contributed by atoms with Crippen LogP contribution in [0.15, 0.2) is 29.3 Å². The SMILES string of the molecule is COc1nc(NS(=O)(=O)c2c[nH]c3c(Cl)c(Cl)ccc23)c(F)cc1OCC(F)F. The number of ether oxygens (including phenoxy) is 2. The largest absolute Gasteiger partial charge is 0.482 e. The summed E-state index contributed by atoms with van der Waals surface area (Å²) in [4.78, 5) is 6.13. The average Bonchev–Trinajstić information content (AvgIpc) is 3.10. The average molecular weight is 470 g/mol. The number of pyridine rings is 1. The smallest absolute Gasteiger partial charge is 0.272 e. The summed E-state index contributed by atoms with van der Waals surface area (Å²) < 4.78 is 76.0. The molecule has 0 aliphatic carbocycles. The monoisotopic (exact) mass is 469 g/mol. The molecular formula is C16H12Cl2F3N3O4S. The first-order chi connectivity index (χ1) is 13.6. The van der Waals surface area contributed by atoms with Crippen LogP contribution in [-0.4, -0.2) is 38.5 Å². The first kappa shape index (κ1) is 21.3. The summed E-state index contributed by atoms with van der Waals surface area (Å²) >= 11 is 12.0. The highest BCUT2D eigenvalue weighted by atomic mass is 35.5. The fraction of sp³-hybridized carbons (Fsp3) is 0.188. The third-order valence-electron chi connectivity index (χ3n) is 3.69. The summed E-state index contributed by atoms with van der Waals surface area (Å²) in [7, 11) is -3.18. The molecule has 0 unspecified atom stereocenters. The van der Waals surface area contributed by atoms with Crippen molar-refractivity contribution in [3.8, 4) is 11.6 Å². The molecule has 0 spiro atoms. The van der Waals surface area contributed by atoms with Gasteiger partial charge in [-0.2, -0.15) is 4.98 Å². The molecule has 29 heavy (non-hydrogen) atoms. The maximum Gasteiger partial charge on any atom is 0.272 e. The molecule has 1 aromatic carbocycles. The van der Waals surface area contributed by atoms with E-state index in [1.54, 1.807) is 0 Å². The quantitative estimate of drug-likeness (QED) is 0.532. The number of nitrogens with one attached hydrogen (secondary N) is 2. The minimum absolute atomic E-state index is 0.122. The molecule has 0 saturated heterocycles. The Balaban J connectivity index is 1.98. The summed E-state index contributed by atoms with van der Waals surface area (Å²) in [5.74, 6) is -2.64. The van der Waals surface area contributed by atoms with Crippen molar-refractivity contribution >= 4 is 49.9 Å². The fourth-order valence-corrected chi connectivity index (χ4v) is 4.00. The number of aromatic nitrogens is 2. The predicted molar refractivity (Wildman–Crippen MR) is 101 cm³/mol. The molecule has 3 rings (SSSR count). The highest BCUT2D eigenvalue weighted by Crippen LogP contribution is 2.35. The van der Waals surface area contributed by atoms with Crippen molar-refractivity contribution in [2.75, 3.05) is 18.4 Å². The second kappa shape index (κ2) is 8.17. The van der Waals surface area contributed by atoms with Crippen LogP contribution in [0, 0.1) is 5.82 Å². The number of alkyl halides is 2. The topological polar surface area (TPSA) is 93.3 Å². The highest BCUT2D eigenvalue weighted by molar-refractivity contribution is 7.93. The number of fused-ring (bicyclic) bond motifs is 1. The molecule has 3 aromatic rings. The number of hydrogen-bond acceptors (Lipinski definition) is 5. The fourth-order valence-electron chi connectivity index (χ4n) is 2.45. The Morgan fingerprint density at radius 1 is 1.31 bits per heavy atom. The van der Waals surface area contributed by atoms with Crippen molar-refractivity contribution in [3.63, 3.8) is 0 Å². The van der Waals surface area contributed by atoms with E-state index in [1.807, 2.05) is 4.72 Å². The van der Waals surface area contributed by atoms with Gasteiger partial charge in [-0.05, 0) is 12.1 Å². The number of H-pyrrole nitrogens is 1. The van der Waals surface area contributed by atoms with Gasteiger partial charge in [-0.25, -0.2) is 21.6 Å². The zero-order valence-electron chi connectivity index (χ0n) is 14.5. The van der Waals surface area contributed by atoms with Gasteiger partial charge >= 0.3 is 0 Å². The standard InChI is InChI=1S/C16H12Cl2F3N3O4S/c1-27-16-10(28-6-12(20)21)4-9(19)15(23-16)24-29(25,26)11-5-22-14-7(11)2-3-8(17)13(14)18/h2-5,12,22H,6H2,1H3,(H,23,24). The molecule has 156 valence electrons. The Morgan fingerprint density at radius 3 is 2.69 bits per heavy atom. The maximum absolute atomic E-state index is 14.3. The number of sulfonamides is 1. The van der Waals surface area contributed by atoms with Crippen molar-refractivity contribution in [1.82, 2.24) is 9.97 Å². The van der Waals surface area contributed by atoms with Gasteiger partial charge < -0.3 is 14.5 Å². The minimum Gasteiger partial charge on any atom is -0.482 e. The molecule has 0 amide bonds. The molecule has 13 heteroatoms. The molecule has 0 aliphatic heterocycles. The zero-order chi connectivity index (χ0) is 21.3. The number of hydrogen-bond donors (Lipinski definition) is 2. The molecular weight excluding hydrogens is 458 g/mol. The van der Waals surface area contributed by atoms with Crippen LogP contribution in [0.3, 0.4) is 0 Å². The van der Waals surface area contributed by atoms with Gasteiger partial charge in [0.25, 0.3) is 22.3 Å². The van der Waals surface area contributed by atoms with Crippen LogP contribution in [0.2, 0.25) is 10.0 Å². The van der Waals surface area contributed by atoms with Gasteiger partial charge in [0, 0.05) is 17.6 Å². The molecule has 2 aromatic heterocycles. The van der Waals surface area contributed by atoms with Gasteiger partial charge in [-0.15, -0.1) is 0 Å². The molecule has 7 nitrogen and oxygen atoms in total. The number of anilines is 1. The van der Waals surface area contributed by atoms with Gasteiger partial charge in [0.15, 0.2) is 17.4 Å². The second-order valence-electron chi connectivity index (χ2n) is 5.57. The zero-order valence-corrected chi connectivity index (χ0v) is 16.8. The van der Waals surface area contributed by atoms with E-state index < -0.39 is 40.4 Å². The molecule has 2 heterocycles. The number of aromatic amines is 1. The summed E-state index contributed by atoms with van der Waals surface area (Å²) in [6.45, 7) is -1.01. The Morgan fingerprint density at radius 2 is 2.03 bits per heavy atom. The molecule has 0 fully saturated rings. The minimum atomic E-state index is -4.31. The third-order valence-corrected chi connectivity index (χ3v) is 5.88. The van der Waals surface area contributed by atoms with Crippen molar-refractivity contribution in [2.45, 2.75) is 11.3 Å². The molecule has 0 radical (unpaired) electrons. The molecule has 0 bridgehead atoms. The van der Waals surface area contributed by atoms with E-state index >= 15 is 0 Å². The first-order valence-corrected chi connectivity index (χ1v) is 10.0. The molecule has 0 atom stereocenters. The van der Waals surface area contributed by atoms with Crippen molar-refractivity contribution in [1.29, 1.82) is 0 Å². The summed E-state index contributed by atoms with van der Waals surface area (Å²) in [5, 5.41) is 0.558. The van der Waals surface area contributed by atoms with E-state index in [1.165, 1.54) is 12.1 Å². The van der Waals surface area contributed by atoms with Crippen LogP contribution in [0.1, 0.15) is 0 Å². The summed E-state index contributed by atoms with van der Waals surface area (Å²) in [5.41, 5.74) is 0.279. The van der Waals surface area contributed by atoms with Gasteiger partial charge in [-0.1, -0.05) is 23.2 Å². The lowest BCUT2D eigenvalue weighted by atomic mass is 10.2. The molecule has 0 saturated carbocycles. The van der Waals surface area contributed by atoms with E-state index in [2.05, 4.69) is 9.97 Å². The molecule has 0 aliphatic rings. The number of nitrogens with zero attached hydrogens (tertiary/aromatic N) is 1. The molecule has 2 N–H and O–H groups in total. The number of methoxy groups -OCH3 is 1. The van der Waals surface area contributed by atoms with E-state index in [-0.39, 0.29) is 31.7 Å². The van der Waals surface area contributed by atoms with Crippen molar-refractivity contribution < 1.29 is 31.1 Å². The summed E-state index contributed by atoms with van der Waals surface area (Å²) in [6, 6.07) is 3.54. The predicted octanol–water partition coefficient (Wildman–Crippen LogP) is 4.46. The van der Waals surface area contributed by atoms with Gasteiger partial charge in [0.2, 0.25) is 0 Å². The van der Waals surface area contributed by atoms with Gasteiger partial charge in [0.1, 0.15) is 11.5 Å². The van der Waals surface area contributed by atoms with Crippen LogP contribution >= 0.6 is 23.2 Å². The van der Waals surface area contributed by atoms with Crippen molar-refractivity contribution in [3.05, 3.63) is 40.3 Å². The second-order valence-corrected chi connectivity index (χ2v) is 8.01. The van der Waals surface area contributed by atoms with Gasteiger partial charge in [-0.3, -0.25) is 4.72 Å². The van der Waals surface area contributed by atoms with Crippen LogP contribution in [0.25, 0.3) is 10.9 Å². The van der Waals surface area contributed by atoms with Crippen LogP contribution in [0.5, 0.6) is 11.6 Å². The maximum atomic E-state index is 14.3. The lowest BCUT2D eigenvalue weighted by molar-refractivity contribution is 0.0799. The Bertz CT molecular complexity index is 1170. The Labute approximate surface area is 172 Å². The lowest BCUT2D eigenvalue weighted by Gasteiger charge is -2.13. The van der Waals surface area contributed by atoms with E-state index in [4.69, 9.17) is 32.7 Å². The van der Waals surface area contributed by atoms with E-state index in [0.717, 1.165) is 13.3 Å². The Hall–Kier alpha value is -2.37.